The minimum Gasteiger partial charge on any atom is -0.490 e. The first-order chi connectivity index (χ1) is 13.5. The second-order valence-electron chi connectivity index (χ2n) is 5.98. The van der Waals surface area contributed by atoms with Gasteiger partial charge in [-0.25, -0.2) is 4.79 Å². The molecule has 0 atom stereocenters. The van der Waals surface area contributed by atoms with Crippen molar-refractivity contribution in [3.05, 3.63) is 64.0 Å². The van der Waals surface area contributed by atoms with Gasteiger partial charge in [-0.05, 0) is 31.2 Å². The molecule has 0 fully saturated rings. The molecule has 2 aromatic carbocycles. The third kappa shape index (κ3) is 4.30. The van der Waals surface area contributed by atoms with E-state index < -0.39 is 5.63 Å². The number of nitrogens with zero attached hydrogens (tertiary/aromatic N) is 1. The molecule has 0 aliphatic rings. The molecule has 0 bridgehead atoms. The van der Waals surface area contributed by atoms with Crippen molar-refractivity contribution in [2.24, 2.45) is 0 Å². The first-order valence-electron chi connectivity index (χ1n) is 8.64. The Hall–Kier alpha value is -3.79. The Morgan fingerprint density at radius 2 is 1.96 bits per heavy atom. The van der Waals surface area contributed by atoms with Crippen molar-refractivity contribution in [2.45, 2.75) is 20.5 Å². The number of amides is 1. The zero-order chi connectivity index (χ0) is 20.1. The van der Waals surface area contributed by atoms with Gasteiger partial charge in [0.1, 0.15) is 12.2 Å². The molecule has 142 valence electrons. The van der Waals surface area contributed by atoms with E-state index in [0.29, 0.717) is 45.9 Å². The lowest BCUT2D eigenvalue weighted by Crippen LogP contribution is -2.07. The van der Waals surface area contributed by atoms with Gasteiger partial charge in [-0.3, -0.25) is 4.79 Å². The van der Waals surface area contributed by atoms with E-state index in [1.165, 1.54) is 13.0 Å². The second kappa shape index (κ2) is 8.27. The van der Waals surface area contributed by atoms with Crippen LogP contribution in [-0.4, -0.2) is 12.5 Å². The van der Waals surface area contributed by atoms with Crippen LogP contribution in [0.5, 0.6) is 11.5 Å². The molecule has 7 nitrogen and oxygen atoms in total. The third-order valence-electron chi connectivity index (χ3n) is 3.91. The minimum atomic E-state index is -0.518. The summed E-state index contributed by atoms with van der Waals surface area (Å²) >= 11 is 0. The van der Waals surface area contributed by atoms with Crippen LogP contribution in [0.25, 0.3) is 11.0 Å². The van der Waals surface area contributed by atoms with Gasteiger partial charge in [-0.2, -0.15) is 5.26 Å². The van der Waals surface area contributed by atoms with Crippen molar-refractivity contribution >= 4 is 22.6 Å². The van der Waals surface area contributed by atoms with E-state index in [0.717, 1.165) is 0 Å². The van der Waals surface area contributed by atoms with Crippen molar-refractivity contribution in [3.63, 3.8) is 0 Å². The van der Waals surface area contributed by atoms with Crippen molar-refractivity contribution in [2.75, 3.05) is 11.9 Å². The van der Waals surface area contributed by atoms with E-state index in [1.54, 1.807) is 36.4 Å². The van der Waals surface area contributed by atoms with Crippen LogP contribution in [0, 0.1) is 11.3 Å². The molecule has 28 heavy (non-hydrogen) atoms. The van der Waals surface area contributed by atoms with Crippen LogP contribution in [-0.2, 0) is 11.4 Å². The standard InChI is InChI=1S/C21H18N2O5/c1-3-26-20-8-14(11-22)4-7-18(20)27-12-15-9-21(25)28-19-10-16(23-13(2)24)5-6-17(15)19/h4-10H,3,12H2,1-2H3,(H,23,24). The molecular weight excluding hydrogens is 360 g/mol. The maximum Gasteiger partial charge on any atom is 0.336 e. The zero-order valence-corrected chi connectivity index (χ0v) is 15.4. The Kier molecular flexibility index (Phi) is 5.61. The molecule has 1 heterocycles. The van der Waals surface area contributed by atoms with Crippen LogP contribution in [0.2, 0.25) is 0 Å². The summed E-state index contributed by atoms with van der Waals surface area (Å²) in [5.41, 5.74) is 1.46. The minimum absolute atomic E-state index is 0.105. The van der Waals surface area contributed by atoms with Gasteiger partial charge in [-0.15, -0.1) is 0 Å². The summed E-state index contributed by atoms with van der Waals surface area (Å²) in [7, 11) is 0. The molecule has 3 rings (SSSR count). The Balaban J connectivity index is 1.91. The molecule has 0 aliphatic heterocycles. The first-order valence-corrected chi connectivity index (χ1v) is 8.64. The van der Waals surface area contributed by atoms with Crippen LogP contribution in [0.4, 0.5) is 5.69 Å². The van der Waals surface area contributed by atoms with E-state index in [1.807, 2.05) is 6.92 Å². The highest BCUT2D eigenvalue weighted by Crippen LogP contribution is 2.30. The number of carbonyl (C=O) groups is 1. The highest BCUT2D eigenvalue weighted by molar-refractivity contribution is 5.92. The summed E-state index contributed by atoms with van der Waals surface area (Å²) in [5, 5.41) is 12.4. The van der Waals surface area contributed by atoms with E-state index >= 15 is 0 Å². The van der Waals surface area contributed by atoms with Crippen LogP contribution in [0.3, 0.4) is 0 Å². The van der Waals surface area contributed by atoms with Gasteiger partial charge in [0.25, 0.3) is 0 Å². The van der Waals surface area contributed by atoms with Gasteiger partial charge in [0.2, 0.25) is 5.91 Å². The summed E-state index contributed by atoms with van der Waals surface area (Å²) in [6, 6.07) is 13.4. The molecule has 0 aliphatic carbocycles. The summed E-state index contributed by atoms with van der Waals surface area (Å²) in [4.78, 5) is 23.1. The maximum atomic E-state index is 11.9. The van der Waals surface area contributed by atoms with Gasteiger partial charge in [0, 0.05) is 41.8 Å². The van der Waals surface area contributed by atoms with Gasteiger partial charge < -0.3 is 19.2 Å². The topological polar surface area (TPSA) is 102 Å². The highest BCUT2D eigenvalue weighted by Gasteiger charge is 2.11. The predicted molar refractivity (Wildman–Crippen MR) is 103 cm³/mol. The smallest absolute Gasteiger partial charge is 0.336 e. The molecule has 3 aromatic rings. The fourth-order valence-electron chi connectivity index (χ4n) is 2.75. The van der Waals surface area contributed by atoms with Gasteiger partial charge >= 0.3 is 5.63 Å². The average molecular weight is 378 g/mol. The van der Waals surface area contributed by atoms with Crippen molar-refractivity contribution in [1.29, 1.82) is 5.26 Å². The van der Waals surface area contributed by atoms with Gasteiger partial charge in [0.15, 0.2) is 11.5 Å². The number of benzene rings is 2. The lowest BCUT2D eigenvalue weighted by molar-refractivity contribution is -0.114. The Morgan fingerprint density at radius 3 is 2.68 bits per heavy atom. The fourth-order valence-corrected chi connectivity index (χ4v) is 2.75. The molecule has 0 spiro atoms. The lowest BCUT2D eigenvalue weighted by Gasteiger charge is -2.13. The molecule has 1 aromatic heterocycles. The summed E-state index contributed by atoms with van der Waals surface area (Å²) < 4.78 is 16.6. The maximum absolute atomic E-state index is 11.9. The molecule has 0 saturated carbocycles. The highest BCUT2D eigenvalue weighted by atomic mass is 16.5. The number of hydrogen-bond acceptors (Lipinski definition) is 6. The van der Waals surface area contributed by atoms with E-state index in [9.17, 15) is 9.59 Å². The number of nitriles is 1. The summed E-state index contributed by atoms with van der Waals surface area (Å²) in [6.07, 6.45) is 0. The second-order valence-corrected chi connectivity index (χ2v) is 5.98. The lowest BCUT2D eigenvalue weighted by atomic mass is 10.1. The van der Waals surface area contributed by atoms with Crippen LogP contribution < -0.4 is 20.4 Å². The largest absolute Gasteiger partial charge is 0.490 e. The molecule has 0 unspecified atom stereocenters. The first kappa shape index (κ1) is 19.0. The van der Waals surface area contributed by atoms with Gasteiger partial charge in [0.05, 0.1) is 18.2 Å². The molecule has 1 amide bonds. The van der Waals surface area contributed by atoms with Crippen molar-refractivity contribution in [1.82, 2.24) is 0 Å². The van der Waals surface area contributed by atoms with Crippen molar-refractivity contribution < 1.29 is 18.7 Å². The van der Waals surface area contributed by atoms with E-state index in [2.05, 4.69) is 11.4 Å². The summed E-state index contributed by atoms with van der Waals surface area (Å²) in [6.45, 7) is 3.77. The molecule has 1 N–H and O–H groups in total. The van der Waals surface area contributed by atoms with Crippen LogP contribution >= 0.6 is 0 Å². The summed E-state index contributed by atoms with van der Waals surface area (Å²) in [5.74, 6) is 0.712. The number of nitrogens with one attached hydrogen (secondary N) is 1. The number of fused-ring (bicyclic) bond motifs is 1. The van der Waals surface area contributed by atoms with E-state index in [4.69, 9.17) is 19.2 Å². The quantitative estimate of drug-likeness (QED) is 0.658. The normalized spacial score (nSPS) is 10.3. The Labute approximate surface area is 161 Å². The molecule has 0 radical (unpaired) electrons. The van der Waals surface area contributed by atoms with Crippen molar-refractivity contribution in [3.8, 4) is 17.6 Å². The molecular formula is C21H18N2O5. The monoisotopic (exact) mass is 378 g/mol. The van der Waals surface area contributed by atoms with Crippen LogP contribution in [0.1, 0.15) is 25.0 Å². The average Bonchev–Trinajstić information content (AvgIpc) is 2.66. The number of rotatable bonds is 6. The number of anilines is 1. The predicted octanol–water partition coefficient (Wildman–Crippen LogP) is 3.60. The van der Waals surface area contributed by atoms with E-state index in [-0.39, 0.29) is 12.5 Å². The number of carbonyl (C=O) groups excluding carboxylic acids is 1. The fraction of sp³-hybridized carbons (Fsp3) is 0.190. The van der Waals surface area contributed by atoms with Gasteiger partial charge in [-0.1, -0.05) is 0 Å². The zero-order valence-electron chi connectivity index (χ0n) is 15.4. The molecule has 0 saturated heterocycles. The third-order valence-corrected chi connectivity index (χ3v) is 3.91. The van der Waals surface area contributed by atoms with Crippen LogP contribution in [0.15, 0.2) is 51.7 Å². The Bertz CT molecular complexity index is 1130. The Morgan fingerprint density at radius 1 is 1.14 bits per heavy atom. The SMILES string of the molecule is CCOc1cc(C#N)ccc1OCc1cc(=O)oc2cc(NC(C)=O)ccc12. The number of ether oxygens (including phenoxy) is 2. The number of hydrogen-bond donors (Lipinski definition) is 1. The molecule has 7 heteroatoms.